The lowest BCUT2D eigenvalue weighted by Gasteiger charge is -2.07. The molecule has 0 bridgehead atoms. The Morgan fingerprint density at radius 1 is 1.57 bits per heavy atom. The van der Waals surface area contributed by atoms with Crippen LogP contribution in [0.25, 0.3) is 0 Å². The molecule has 7 heteroatoms. The molecule has 82 valence electrons. The molecule has 0 aromatic heterocycles. The summed E-state index contributed by atoms with van der Waals surface area (Å²) in [5.74, 6) is -0.674. The molecule has 0 aliphatic carbocycles. The molecule has 0 aliphatic rings. The summed E-state index contributed by atoms with van der Waals surface area (Å²) in [5, 5.41) is 8.79. The fourth-order valence-electron chi connectivity index (χ4n) is 0.525. The van der Waals surface area contributed by atoms with Crippen LogP contribution in [-0.4, -0.2) is 36.1 Å². The number of rotatable bonds is 5. The summed E-state index contributed by atoms with van der Waals surface area (Å²) in [6.45, 7) is 4.43. The molecule has 0 radical (unpaired) electrons. The highest BCUT2D eigenvalue weighted by molar-refractivity contribution is 7.86. The van der Waals surface area contributed by atoms with E-state index in [4.69, 9.17) is 9.66 Å². The van der Waals surface area contributed by atoms with E-state index in [1.54, 1.807) is 0 Å². The molecule has 2 N–H and O–H groups in total. The number of esters is 1. The molecule has 0 heterocycles. The van der Waals surface area contributed by atoms with Crippen LogP contribution in [-0.2, 0) is 19.6 Å². The summed E-state index contributed by atoms with van der Waals surface area (Å²) in [6.07, 6.45) is -0.377. The molecule has 1 unspecified atom stereocenters. The van der Waals surface area contributed by atoms with Gasteiger partial charge in [0.05, 0.1) is 6.61 Å². The minimum Gasteiger partial charge on any atom is -0.462 e. The van der Waals surface area contributed by atoms with Gasteiger partial charge in [-0.3, -0.25) is 4.55 Å². The van der Waals surface area contributed by atoms with Crippen LogP contribution in [0, 0.1) is 0 Å². The summed E-state index contributed by atoms with van der Waals surface area (Å²) in [7, 11) is -4.48. The number of hydrogen-bond acceptors (Lipinski definition) is 5. The largest absolute Gasteiger partial charge is 0.462 e. The second-order valence-corrected chi connectivity index (χ2v) is 4.25. The van der Waals surface area contributed by atoms with Gasteiger partial charge in [-0.15, -0.1) is 0 Å². The molecule has 6 nitrogen and oxygen atoms in total. The van der Waals surface area contributed by atoms with Gasteiger partial charge in [-0.1, -0.05) is 6.58 Å². The summed E-state index contributed by atoms with van der Waals surface area (Å²) in [5.41, 5.74) is -1.76. The van der Waals surface area contributed by atoms with Crippen LogP contribution in [0.3, 0.4) is 0 Å². The zero-order chi connectivity index (χ0) is 11.4. The Morgan fingerprint density at radius 3 is 2.43 bits per heavy atom. The Labute approximate surface area is 81.9 Å². The Morgan fingerprint density at radius 2 is 2.07 bits per heavy atom. The molecular weight excluding hydrogens is 212 g/mol. The molecule has 0 aliphatic heterocycles. The van der Waals surface area contributed by atoms with E-state index in [1.165, 1.54) is 6.92 Å². The molecular formula is C7H12O6S. The maximum absolute atomic E-state index is 10.8. The zero-order valence-corrected chi connectivity index (χ0v) is 8.45. The Bertz CT molecular complexity index is 317. The molecule has 14 heavy (non-hydrogen) atoms. The molecule has 0 spiro atoms. The Balaban J connectivity index is 3.87. The van der Waals surface area contributed by atoms with E-state index in [2.05, 4.69) is 11.3 Å². The summed E-state index contributed by atoms with van der Waals surface area (Å²) in [4.78, 5) is 10.8. The summed E-state index contributed by atoms with van der Waals surface area (Å²) < 4.78 is 33.4. The van der Waals surface area contributed by atoms with Gasteiger partial charge in [-0.2, -0.15) is 8.42 Å². The van der Waals surface area contributed by atoms with Crippen molar-refractivity contribution in [1.29, 1.82) is 0 Å². The maximum atomic E-state index is 10.8. The molecule has 0 aromatic carbocycles. The first-order chi connectivity index (χ1) is 6.25. The van der Waals surface area contributed by atoms with Gasteiger partial charge in [-0.05, 0) is 6.92 Å². The van der Waals surface area contributed by atoms with E-state index in [0.717, 1.165) is 0 Å². The number of aliphatic hydroxyl groups is 1. The number of carbonyl (C=O) groups is 1. The lowest BCUT2D eigenvalue weighted by molar-refractivity contribution is -0.139. The number of carbonyl (C=O) groups excluding carboxylic acids is 1. The predicted octanol–water partition coefficient (Wildman–Crippen LogP) is -0.298. The van der Waals surface area contributed by atoms with Gasteiger partial charge in [0.15, 0.2) is 5.44 Å². The SMILES string of the molecule is C=C(C)C(=O)OCCC(O)S(=O)(=O)O. The molecule has 1 atom stereocenters. The van der Waals surface area contributed by atoms with E-state index in [1.807, 2.05) is 0 Å². The minimum absolute atomic E-state index is 0.173. The van der Waals surface area contributed by atoms with Crippen LogP contribution in [0.15, 0.2) is 12.2 Å². The highest BCUT2D eigenvalue weighted by Gasteiger charge is 2.19. The average Bonchev–Trinajstić information content (AvgIpc) is 2.01. The van der Waals surface area contributed by atoms with Crippen LogP contribution in [0.4, 0.5) is 0 Å². The average molecular weight is 224 g/mol. The van der Waals surface area contributed by atoms with Gasteiger partial charge in [0.2, 0.25) is 0 Å². The third-order valence-electron chi connectivity index (χ3n) is 1.29. The molecule has 0 saturated heterocycles. The highest BCUT2D eigenvalue weighted by atomic mass is 32.2. The van der Waals surface area contributed by atoms with E-state index in [-0.39, 0.29) is 18.6 Å². The van der Waals surface area contributed by atoms with E-state index in [9.17, 15) is 13.2 Å². The minimum atomic E-state index is -4.48. The van der Waals surface area contributed by atoms with Crippen molar-refractivity contribution in [3.8, 4) is 0 Å². The van der Waals surface area contributed by atoms with Gasteiger partial charge in [-0.25, -0.2) is 4.79 Å². The first-order valence-electron chi connectivity index (χ1n) is 3.72. The Hall–Kier alpha value is -0.920. The van der Waals surface area contributed by atoms with Crippen molar-refractivity contribution in [3.05, 3.63) is 12.2 Å². The number of ether oxygens (including phenoxy) is 1. The molecule has 0 aromatic rings. The lowest BCUT2D eigenvalue weighted by atomic mass is 10.4. The zero-order valence-electron chi connectivity index (χ0n) is 7.63. The standard InChI is InChI=1S/C7H12O6S/c1-5(2)7(9)13-4-3-6(8)14(10,11)12/h6,8H,1,3-4H2,2H3,(H,10,11,12). The van der Waals surface area contributed by atoms with E-state index >= 15 is 0 Å². The van der Waals surface area contributed by atoms with Crippen molar-refractivity contribution in [1.82, 2.24) is 0 Å². The fraction of sp³-hybridized carbons (Fsp3) is 0.571. The van der Waals surface area contributed by atoms with Crippen LogP contribution < -0.4 is 0 Å². The van der Waals surface area contributed by atoms with E-state index in [0.29, 0.717) is 0 Å². The predicted molar refractivity (Wildman–Crippen MR) is 47.9 cm³/mol. The fourth-order valence-corrected chi connectivity index (χ4v) is 0.919. The second kappa shape index (κ2) is 5.08. The third-order valence-corrected chi connectivity index (χ3v) is 2.21. The van der Waals surface area contributed by atoms with Gasteiger partial charge in [0, 0.05) is 12.0 Å². The van der Waals surface area contributed by atoms with Gasteiger partial charge < -0.3 is 9.84 Å². The topological polar surface area (TPSA) is 101 Å². The first-order valence-corrected chi connectivity index (χ1v) is 5.22. The highest BCUT2D eigenvalue weighted by Crippen LogP contribution is 2.01. The van der Waals surface area contributed by atoms with Gasteiger partial charge in [0.1, 0.15) is 0 Å². The summed E-state index contributed by atoms with van der Waals surface area (Å²) >= 11 is 0. The molecule has 0 amide bonds. The van der Waals surface area contributed by atoms with Crippen molar-refractivity contribution in [2.24, 2.45) is 0 Å². The summed E-state index contributed by atoms with van der Waals surface area (Å²) in [6, 6.07) is 0. The first kappa shape index (κ1) is 13.1. The van der Waals surface area contributed by atoms with Crippen molar-refractivity contribution in [3.63, 3.8) is 0 Å². The molecule has 0 fully saturated rings. The lowest BCUT2D eigenvalue weighted by Crippen LogP contribution is -2.22. The quantitative estimate of drug-likeness (QED) is 0.378. The monoisotopic (exact) mass is 224 g/mol. The normalized spacial score (nSPS) is 13.4. The van der Waals surface area contributed by atoms with Crippen LogP contribution in [0.5, 0.6) is 0 Å². The Kier molecular flexibility index (Phi) is 4.75. The van der Waals surface area contributed by atoms with Crippen LogP contribution in [0.1, 0.15) is 13.3 Å². The van der Waals surface area contributed by atoms with Gasteiger partial charge >= 0.3 is 5.97 Å². The molecule has 0 rings (SSSR count). The second-order valence-electron chi connectivity index (χ2n) is 2.67. The van der Waals surface area contributed by atoms with E-state index < -0.39 is 21.5 Å². The van der Waals surface area contributed by atoms with Crippen molar-refractivity contribution >= 4 is 16.1 Å². The van der Waals surface area contributed by atoms with Crippen molar-refractivity contribution < 1.29 is 27.6 Å². The number of aliphatic hydroxyl groups excluding tert-OH is 1. The van der Waals surface area contributed by atoms with Crippen LogP contribution >= 0.6 is 0 Å². The van der Waals surface area contributed by atoms with Gasteiger partial charge in [0.25, 0.3) is 10.1 Å². The molecule has 0 saturated carbocycles. The third kappa shape index (κ3) is 4.95. The van der Waals surface area contributed by atoms with Crippen LogP contribution in [0.2, 0.25) is 0 Å². The maximum Gasteiger partial charge on any atom is 0.333 e. The van der Waals surface area contributed by atoms with Crippen molar-refractivity contribution in [2.75, 3.05) is 6.61 Å². The smallest absolute Gasteiger partial charge is 0.333 e. The van der Waals surface area contributed by atoms with Crippen molar-refractivity contribution in [2.45, 2.75) is 18.8 Å². The number of hydrogen-bond donors (Lipinski definition) is 2.